The second-order valence-electron chi connectivity index (χ2n) is 3.58. The monoisotopic (exact) mass is 224 g/mol. The van der Waals surface area contributed by atoms with E-state index in [1.807, 2.05) is 33.2 Å². The molecule has 1 aromatic heterocycles. The molecule has 90 valence electrons. The molecule has 1 aromatic rings. The number of aromatic nitrogens is 1. The summed E-state index contributed by atoms with van der Waals surface area (Å²) in [5.41, 5.74) is 1.07. The zero-order valence-electron chi connectivity index (χ0n) is 10.4. The highest BCUT2D eigenvalue weighted by molar-refractivity contribution is 5.26. The van der Waals surface area contributed by atoms with E-state index in [2.05, 4.69) is 10.3 Å². The van der Waals surface area contributed by atoms with Gasteiger partial charge in [-0.15, -0.1) is 0 Å². The van der Waals surface area contributed by atoms with Crippen molar-refractivity contribution in [2.75, 3.05) is 20.8 Å². The molecular formula is C12H20N2O2. The van der Waals surface area contributed by atoms with Gasteiger partial charge in [0.05, 0.1) is 25.5 Å². The van der Waals surface area contributed by atoms with Crippen molar-refractivity contribution in [3.63, 3.8) is 0 Å². The van der Waals surface area contributed by atoms with Gasteiger partial charge in [0.25, 0.3) is 0 Å². The van der Waals surface area contributed by atoms with Gasteiger partial charge >= 0.3 is 0 Å². The Hall–Kier alpha value is -1.13. The highest BCUT2D eigenvalue weighted by Crippen LogP contribution is 2.21. The lowest BCUT2D eigenvalue weighted by Gasteiger charge is -2.23. The summed E-state index contributed by atoms with van der Waals surface area (Å²) < 4.78 is 10.7. The molecular weight excluding hydrogens is 204 g/mol. The first-order chi connectivity index (χ1) is 7.72. The van der Waals surface area contributed by atoms with Crippen LogP contribution < -0.4 is 10.1 Å². The Labute approximate surface area is 97.0 Å². The fourth-order valence-corrected chi connectivity index (χ4v) is 1.75. The summed E-state index contributed by atoms with van der Waals surface area (Å²) in [4.78, 5) is 4.15. The molecule has 4 nitrogen and oxygen atoms in total. The zero-order chi connectivity index (χ0) is 12.0. The van der Waals surface area contributed by atoms with Crippen LogP contribution in [0.15, 0.2) is 18.5 Å². The van der Waals surface area contributed by atoms with E-state index >= 15 is 0 Å². The molecule has 16 heavy (non-hydrogen) atoms. The Bertz CT molecular complexity index is 318. The quantitative estimate of drug-likeness (QED) is 0.800. The van der Waals surface area contributed by atoms with E-state index in [0.717, 1.165) is 11.3 Å². The van der Waals surface area contributed by atoms with Gasteiger partial charge in [-0.3, -0.25) is 4.98 Å². The maximum absolute atomic E-state index is 5.59. The number of hydrogen-bond donors (Lipinski definition) is 1. The topological polar surface area (TPSA) is 43.4 Å². The van der Waals surface area contributed by atoms with E-state index in [-0.39, 0.29) is 12.1 Å². The smallest absolute Gasteiger partial charge is 0.137 e. The third-order valence-corrected chi connectivity index (χ3v) is 2.54. The maximum atomic E-state index is 5.59. The van der Waals surface area contributed by atoms with Gasteiger partial charge in [0, 0.05) is 12.8 Å². The molecule has 0 saturated carbocycles. The molecule has 0 aliphatic rings. The summed E-state index contributed by atoms with van der Waals surface area (Å²) in [6, 6.07) is 2.10. The lowest BCUT2D eigenvalue weighted by molar-refractivity contribution is 0.0492. The van der Waals surface area contributed by atoms with Gasteiger partial charge in [-0.05, 0) is 32.5 Å². The van der Waals surface area contributed by atoms with Gasteiger partial charge in [-0.1, -0.05) is 0 Å². The van der Waals surface area contributed by atoms with Crippen LogP contribution in [0.25, 0.3) is 0 Å². The summed E-state index contributed by atoms with van der Waals surface area (Å²) in [6.45, 7) is 4.74. The first-order valence-electron chi connectivity index (χ1n) is 5.50. The van der Waals surface area contributed by atoms with Crippen molar-refractivity contribution < 1.29 is 9.47 Å². The van der Waals surface area contributed by atoms with E-state index in [9.17, 15) is 0 Å². The van der Waals surface area contributed by atoms with Crippen molar-refractivity contribution in [1.82, 2.24) is 10.3 Å². The first kappa shape index (κ1) is 12.9. The van der Waals surface area contributed by atoms with E-state index in [0.29, 0.717) is 6.61 Å². The number of rotatable bonds is 6. The Morgan fingerprint density at radius 2 is 2.19 bits per heavy atom. The number of methoxy groups -OCH3 is 1. The van der Waals surface area contributed by atoms with Crippen molar-refractivity contribution in [2.45, 2.75) is 26.0 Å². The van der Waals surface area contributed by atoms with Crippen LogP contribution in [0.3, 0.4) is 0 Å². The van der Waals surface area contributed by atoms with Crippen molar-refractivity contribution in [3.8, 4) is 5.75 Å². The first-order valence-corrected chi connectivity index (χ1v) is 5.50. The molecule has 0 fully saturated rings. The average Bonchev–Trinajstić information content (AvgIpc) is 2.31. The molecule has 0 bridgehead atoms. The Kier molecular flexibility index (Phi) is 5.22. The van der Waals surface area contributed by atoms with Crippen LogP contribution in [-0.2, 0) is 4.74 Å². The van der Waals surface area contributed by atoms with Crippen LogP contribution >= 0.6 is 0 Å². The molecule has 1 heterocycles. The van der Waals surface area contributed by atoms with Gasteiger partial charge in [0.1, 0.15) is 5.75 Å². The second kappa shape index (κ2) is 6.45. The van der Waals surface area contributed by atoms with Crippen LogP contribution in [0.4, 0.5) is 0 Å². The fourth-order valence-electron chi connectivity index (χ4n) is 1.75. The van der Waals surface area contributed by atoms with E-state index in [1.54, 1.807) is 13.3 Å². The molecule has 1 rings (SSSR count). The van der Waals surface area contributed by atoms with Gasteiger partial charge < -0.3 is 14.8 Å². The van der Waals surface area contributed by atoms with Crippen LogP contribution in [-0.4, -0.2) is 31.9 Å². The predicted octanol–water partition coefficient (Wildman–Crippen LogP) is 1.78. The Morgan fingerprint density at radius 3 is 2.75 bits per heavy atom. The molecule has 0 aliphatic heterocycles. The van der Waals surface area contributed by atoms with Crippen LogP contribution in [0, 0.1) is 0 Å². The molecule has 2 unspecified atom stereocenters. The van der Waals surface area contributed by atoms with Gasteiger partial charge in [0.15, 0.2) is 0 Å². The molecule has 0 spiro atoms. The van der Waals surface area contributed by atoms with E-state index < -0.39 is 0 Å². The molecule has 0 aromatic carbocycles. The van der Waals surface area contributed by atoms with Gasteiger partial charge in [0.2, 0.25) is 0 Å². The minimum absolute atomic E-state index is 0.101. The molecule has 0 radical (unpaired) electrons. The van der Waals surface area contributed by atoms with E-state index in [4.69, 9.17) is 9.47 Å². The standard InChI is InChI=1S/C12H20N2O2/c1-5-16-9(2)12(13-3)10-6-11(15-4)8-14-7-10/h6-9,12-13H,5H2,1-4H3. The van der Waals surface area contributed by atoms with Crippen LogP contribution in [0.2, 0.25) is 0 Å². The highest BCUT2D eigenvalue weighted by Gasteiger charge is 2.18. The lowest BCUT2D eigenvalue weighted by atomic mass is 10.0. The SMILES string of the molecule is CCOC(C)C(NC)c1cncc(OC)c1. The molecule has 0 amide bonds. The van der Waals surface area contributed by atoms with Crippen molar-refractivity contribution >= 4 is 0 Å². The normalized spacial score (nSPS) is 14.5. The molecule has 2 atom stereocenters. The fraction of sp³-hybridized carbons (Fsp3) is 0.583. The summed E-state index contributed by atoms with van der Waals surface area (Å²) in [5, 5.41) is 3.23. The molecule has 4 heteroatoms. The minimum Gasteiger partial charge on any atom is -0.495 e. The second-order valence-corrected chi connectivity index (χ2v) is 3.58. The minimum atomic E-state index is 0.101. The van der Waals surface area contributed by atoms with Crippen molar-refractivity contribution in [2.24, 2.45) is 0 Å². The molecule has 1 N–H and O–H groups in total. The summed E-state index contributed by atoms with van der Waals surface area (Å²) >= 11 is 0. The molecule has 0 saturated heterocycles. The predicted molar refractivity (Wildman–Crippen MR) is 63.7 cm³/mol. The van der Waals surface area contributed by atoms with Gasteiger partial charge in [-0.25, -0.2) is 0 Å². The van der Waals surface area contributed by atoms with E-state index in [1.165, 1.54) is 0 Å². The van der Waals surface area contributed by atoms with Gasteiger partial charge in [-0.2, -0.15) is 0 Å². The number of ether oxygens (including phenoxy) is 2. The Balaban J connectivity index is 2.85. The summed E-state index contributed by atoms with van der Waals surface area (Å²) in [7, 11) is 3.56. The third-order valence-electron chi connectivity index (χ3n) is 2.54. The zero-order valence-corrected chi connectivity index (χ0v) is 10.4. The maximum Gasteiger partial charge on any atom is 0.137 e. The largest absolute Gasteiger partial charge is 0.495 e. The molecule has 0 aliphatic carbocycles. The number of hydrogen-bond acceptors (Lipinski definition) is 4. The number of nitrogens with one attached hydrogen (secondary N) is 1. The summed E-state index contributed by atoms with van der Waals surface area (Å²) in [6.07, 6.45) is 3.63. The lowest BCUT2D eigenvalue weighted by Crippen LogP contribution is -2.29. The third kappa shape index (κ3) is 3.18. The number of pyridine rings is 1. The van der Waals surface area contributed by atoms with Crippen molar-refractivity contribution in [3.05, 3.63) is 24.0 Å². The number of nitrogens with zero attached hydrogens (tertiary/aromatic N) is 1. The Morgan fingerprint density at radius 1 is 1.44 bits per heavy atom. The van der Waals surface area contributed by atoms with Crippen LogP contribution in [0.1, 0.15) is 25.5 Å². The number of likely N-dealkylation sites (N-methyl/N-ethyl adjacent to an activating group) is 1. The highest BCUT2D eigenvalue weighted by atomic mass is 16.5. The summed E-state index contributed by atoms with van der Waals surface area (Å²) in [5.74, 6) is 0.765. The average molecular weight is 224 g/mol. The van der Waals surface area contributed by atoms with Crippen molar-refractivity contribution in [1.29, 1.82) is 0 Å². The van der Waals surface area contributed by atoms with Crippen LogP contribution in [0.5, 0.6) is 5.75 Å².